The number of ether oxygens (including phenoxy) is 2. The molecule has 3 rings (SSSR count). The van der Waals surface area contributed by atoms with Crippen molar-refractivity contribution in [1.82, 2.24) is 9.80 Å². The van der Waals surface area contributed by atoms with Crippen LogP contribution >= 0.6 is 11.3 Å². The number of thiophene rings is 1. The van der Waals surface area contributed by atoms with Crippen molar-refractivity contribution in [3.63, 3.8) is 0 Å². The second kappa shape index (κ2) is 7.64. The number of nitrogens with zero attached hydrogens (tertiary/aromatic N) is 2. The monoisotopic (exact) mass is 338 g/mol. The summed E-state index contributed by atoms with van der Waals surface area (Å²) >= 11 is 1.46. The lowest BCUT2D eigenvalue weighted by molar-refractivity contribution is 0.0160. The maximum absolute atomic E-state index is 12.7. The van der Waals surface area contributed by atoms with E-state index in [-0.39, 0.29) is 5.91 Å². The summed E-state index contributed by atoms with van der Waals surface area (Å²) in [5.41, 5.74) is 0. The lowest BCUT2D eigenvalue weighted by Gasteiger charge is -2.41. The standard InChI is InChI=1S/C17H26N2O3S/c1-18(17(20)16-15(21-2)7-12-23-16)13-3-8-19(9-4-13)14-5-10-22-11-6-14/h7,12-14H,3-6,8-11H2,1-2H3. The zero-order valence-corrected chi connectivity index (χ0v) is 14.8. The molecule has 0 radical (unpaired) electrons. The Balaban J connectivity index is 1.55. The van der Waals surface area contributed by atoms with Crippen LogP contribution in [0.25, 0.3) is 0 Å². The van der Waals surface area contributed by atoms with Gasteiger partial charge in [0.25, 0.3) is 5.91 Å². The second-order valence-electron chi connectivity index (χ2n) is 6.34. The van der Waals surface area contributed by atoms with Gasteiger partial charge in [0.1, 0.15) is 10.6 Å². The van der Waals surface area contributed by atoms with Gasteiger partial charge in [-0.15, -0.1) is 11.3 Å². The van der Waals surface area contributed by atoms with E-state index in [4.69, 9.17) is 9.47 Å². The van der Waals surface area contributed by atoms with Crippen LogP contribution in [0, 0.1) is 0 Å². The highest BCUT2D eigenvalue weighted by atomic mass is 32.1. The molecule has 2 saturated heterocycles. The summed E-state index contributed by atoms with van der Waals surface area (Å²) in [7, 11) is 3.54. The van der Waals surface area contributed by atoms with Crippen LogP contribution in [0.4, 0.5) is 0 Å². The molecule has 128 valence electrons. The van der Waals surface area contributed by atoms with E-state index in [2.05, 4.69) is 4.90 Å². The number of amides is 1. The average molecular weight is 338 g/mol. The molecule has 6 heteroatoms. The van der Waals surface area contributed by atoms with E-state index >= 15 is 0 Å². The summed E-state index contributed by atoms with van der Waals surface area (Å²) in [4.78, 5) is 17.9. The number of carbonyl (C=O) groups is 1. The van der Waals surface area contributed by atoms with Crippen LogP contribution in [0.1, 0.15) is 35.4 Å². The first-order chi connectivity index (χ1) is 11.2. The first-order valence-corrected chi connectivity index (χ1v) is 9.29. The van der Waals surface area contributed by atoms with E-state index in [9.17, 15) is 4.79 Å². The molecule has 0 N–H and O–H groups in total. The summed E-state index contributed by atoms with van der Waals surface area (Å²) < 4.78 is 10.7. The molecule has 2 aliphatic rings. The fourth-order valence-electron chi connectivity index (χ4n) is 3.63. The van der Waals surface area contributed by atoms with Crippen LogP contribution in [0.15, 0.2) is 11.4 Å². The van der Waals surface area contributed by atoms with Gasteiger partial charge in [0.05, 0.1) is 7.11 Å². The topological polar surface area (TPSA) is 42.0 Å². The first-order valence-electron chi connectivity index (χ1n) is 8.41. The molecule has 2 fully saturated rings. The van der Waals surface area contributed by atoms with Crippen molar-refractivity contribution in [1.29, 1.82) is 0 Å². The third-order valence-corrected chi connectivity index (χ3v) is 6.00. The van der Waals surface area contributed by atoms with Gasteiger partial charge in [-0.2, -0.15) is 0 Å². The van der Waals surface area contributed by atoms with E-state index in [0.717, 1.165) is 52.0 Å². The van der Waals surface area contributed by atoms with Gasteiger partial charge < -0.3 is 19.3 Å². The molecular weight excluding hydrogens is 312 g/mol. The smallest absolute Gasteiger partial charge is 0.267 e. The van der Waals surface area contributed by atoms with Crippen molar-refractivity contribution in [2.24, 2.45) is 0 Å². The second-order valence-corrected chi connectivity index (χ2v) is 7.26. The highest BCUT2D eigenvalue weighted by Crippen LogP contribution is 2.28. The van der Waals surface area contributed by atoms with Crippen LogP contribution in [-0.4, -0.2) is 68.3 Å². The Hall–Kier alpha value is -1.11. The zero-order chi connectivity index (χ0) is 16.2. The average Bonchev–Trinajstić information content (AvgIpc) is 3.10. The van der Waals surface area contributed by atoms with E-state index in [0.29, 0.717) is 22.7 Å². The Labute approximate surface area is 142 Å². The summed E-state index contributed by atoms with van der Waals surface area (Å²) in [6.07, 6.45) is 4.39. The lowest BCUT2D eigenvalue weighted by atomic mass is 9.98. The molecule has 0 spiro atoms. The molecule has 0 atom stereocenters. The Morgan fingerprint density at radius 2 is 2.00 bits per heavy atom. The summed E-state index contributed by atoms with van der Waals surface area (Å²) in [6.45, 7) is 3.94. The van der Waals surface area contributed by atoms with Crippen molar-refractivity contribution >= 4 is 17.2 Å². The van der Waals surface area contributed by atoms with E-state index in [1.807, 2.05) is 23.4 Å². The molecule has 1 amide bonds. The predicted molar refractivity (Wildman–Crippen MR) is 91.4 cm³/mol. The predicted octanol–water partition coefficient (Wildman–Crippen LogP) is 2.47. The van der Waals surface area contributed by atoms with Gasteiger partial charge in [-0.25, -0.2) is 0 Å². The number of hydrogen-bond acceptors (Lipinski definition) is 5. The normalized spacial score (nSPS) is 21.3. The summed E-state index contributed by atoms with van der Waals surface area (Å²) in [6, 6.07) is 2.85. The highest BCUT2D eigenvalue weighted by Gasteiger charge is 2.30. The van der Waals surface area contributed by atoms with Gasteiger partial charge in [-0.1, -0.05) is 0 Å². The van der Waals surface area contributed by atoms with Gasteiger partial charge in [0, 0.05) is 45.4 Å². The minimum atomic E-state index is 0.0846. The van der Waals surface area contributed by atoms with E-state index < -0.39 is 0 Å². The van der Waals surface area contributed by atoms with Crippen LogP contribution in [0.2, 0.25) is 0 Å². The summed E-state index contributed by atoms with van der Waals surface area (Å²) in [5.74, 6) is 0.771. The molecule has 1 aromatic heterocycles. The van der Waals surface area contributed by atoms with Gasteiger partial charge >= 0.3 is 0 Å². The van der Waals surface area contributed by atoms with Crippen molar-refractivity contribution in [3.8, 4) is 5.75 Å². The fraction of sp³-hybridized carbons (Fsp3) is 0.706. The molecule has 0 aromatic carbocycles. The maximum Gasteiger partial charge on any atom is 0.267 e. The lowest BCUT2D eigenvalue weighted by Crippen LogP contribution is -2.49. The van der Waals surface area contributed by atoms with Crippen LogP contribution < -0.4 is 4.74 Å². The van der Waals surface area contributed by atoms with Crippen molar-refractivity contribution in [2.75, 3.05) is 40.5 Å². The minimum absolute atomic E-state index is 0.0846. The first kappa shape index (κ1) is 16.7. The van der Waals surface area contributed by atoms with Gasteiger partial charge in [0.2, 0.25) is 0 Å². The molecule has 0 unspecified atom stereocenters. The van der Waals surface area contributed by atoms with Crippen LogP contribution in [-0.2, 0) is 4.74 Å². The molecule has 1 aromatic rings. The largest absolute Gasteiger partial charge is 0.495 e. The third-order valence-electron chi connectivity index (χ3n) is 5.12. The maximum atomic E-state index is 12.7. The van der Waals surface area contributed by atoms with Gasteiger partial charge in [-0.3, -0.25) is 4.79 Å². The highest BCUT2D eigenvalue weighted by molar-refractivity contribution is 7.12. The SMILES string of the molecule is COc1ccsc1C(=O)N(C)C1CCN(C2CCOCC2)CC1. The Bertz CT molecular complexity index is 520. The molecule has 23 heavy (non-hydrogen) atoms. The van der Waals surface area contributed by atoms with Crippen molar-refractivity contribution in [2.45, 2.75) is 37.8 Å². The third kappa shape index (κ3) is 3.70. The quantitative estimate of drug-likeness (QED) is 0.846. The Morgan fingerprint density at radius 1 is 1.30 bits per heavy atom. The number of methoxy groups -OCH3 is 1. The molecule has 0 saturated carbocycles. The van der Waals surface area contributed by atoms with Gasteiger partial charge in [-0.05, 0) is 37.1 Å². The van der Waals surface area contributed by atoms with Gasteiger partial charge in [0.15, 0.2) is 0 Å². The minimum Gasteiger partial charge on any atom is -0.495 e. The number of hydrogen-bond donors (Lipinski definition) is 0. The Kier molecular flexibility index (Phi) is 5.56. The molecule has 0 bridgehead atoms. The van der Waals surface area contributed by atoms with Crippen LogP contribution in [0.5, 0.6) is 5.75 Å². The van der Waals surface area contributed by atoms with Crippen molar-refractivity contribution in [3.05, 3.63) is 16.3 Å². The van der Waals surface area contributed by atoms with Crippen LogP contribution in [0.3, 0.4) is 0 Å². The Morgan fingerprint density at radius 3 is 2.65 bits per heavy atom. The molecular formula is C17H26N2O3S. The molecule has 3 heterocycles. The number of rotatable bonds is 4. The molecule has 5 nitrogen and oxygen atoms in total. The van der Waals surface area contributed by atoms with E-state index in [1.54, 1.807) is 7.11 Å². The number of piperidine rings is 1. The van der Waals surface area contributed by atoms with Crippen molar-refractivity contribution < 1.29 is 14.3 Å². The number of carbonyl (C=O) groups excluding carboxylic acids is 1. The molecule has 0 aliphatic carbocycles. The fourth-order valence-corrected chi connectivity index (χ4v) is 4.47. The summed E-state index contributed by atoms with van der Waals surface area (Å²) in [5, 5.41) is 1.91. The van der Waals surface area contributed by atoms with E-state index in [1.165, 1.54) is 11.3 Å². The number of likely N-dealkylation sites (tertiary alicyclic amines) is 1. The molecule has 2 aliphatic heterocycles. The zero-order valence-electron chi connectivity index (χ0n) is 14.0.